The fourth-order valence-electron chi connectivity index (χ4n) is 6.32. The van der Waals surface area contributed by atoms with Crippen LogP contribution in [-0.2, 0) is 23.0 Å². The maximum absolute atomic E-state index is 14.4. The zero-order valence-electron chi connectivity index (χ0n) is 26.5. The molecule has 44 heavy (non-hydrogen) atoms. The molecule has 0 radical (unpaired) electrons. The molecular weight excluding hydrogens is 566 g/mol. The van der Waals surface area contributed by atoms with Crippen molar-refractivity contribution in [2.24, 2.45) is 7.05 Å². The number of rotatable bonds is 6. The van der Waals surface area contributed by atoms with Gasteiger partial charge in [0.25, 0.3) is 6.43 Å². The van der Waals surface area contributed by atoms with Crippen LogP contribution in [0.5, 0.6) is 0 Å². The number of fused-ring (bicyclic) bond motifs is 1. The number of carbonyl (C=O) groups is 2. The van der Waals surface area contributed by atoms with E-state index in [1.54, 1.807) is 46.9 Å². The number of nitrogens with zero attached hydrogens (tertiary/aromatic N) is 5. The highest BCUT2D eigenvalue weighted by Crippen LogP contribution is 2.41. The summed E-state index contributed by atoms with van der Waals surface area (Å²) in [5.41, 5.74) is 4.98. The van der Waals surface area contributed by atoms with Gasteiger partial charge in [-0.2, -0.15) is 5.10 Å². The van der Waals surface area contributed by atoms with Gasteiger partial charge in [-0.25, -0.2) is 13.6 Å². The van der Waals surface area contributed by atoms with Crippen LogP contribution < -0.4 is 10.2 Å². The Morgan fingerprint density at radius 3 is 2.43 bits per heavy atom. The number of piperidine rings is 1. The number of nitrogens with one attached hydrogen (secondary N) is 1. The summed E-state index contributed by atoms with van der Waals surface area (Å²) in [6.45, 7) is 14.4. The molecule has 0 spiro atoms. The number of likely N-dealkylation sites (tertiary alicyclic amines) is 1. The normalized spacial score (nSPS) is 18.0. The number of benzene rings is 1. The monoisotopic (exact) mass is 610 g/mol. The minimum Gasteiger partial charge on any atom is -0.444 e. The minimum atomic E-state index is -2.65. The molecule has 4 heterocycles. The van der Waals surface area contributed by atoms with Gasteiger partial charge in [0.05, 0.1) is 6.20 Å². The third-order valence-corrected chi connectivity index (χ3v) is 8.61. The number of aromatic nitrogens is 2. The fourth-order valence-corrected chi connectivity index (χ4v) is 6.32. The van der Waals surface area contributed by atoms with Crippen molar-refractivity contribution >= 4 is 17.7 Å². The number of carbonyl (C=O) groups excluding carboxylic acids is 2. The molecule has 1 aromatic carbocycles. The molecule has 1 N–H and O–H groups in total. The summed E-state index contributed by atoms with van der Waals surface area (Å²) in [6.07, 6.45) is 4.22. The summed E-state index contributed by atoms with van der Waals surface area (Å²) >= 11 is 0. The molecule has 9 nitrogen and oxygen atoms in total. The molecule has 2 aromatic rings. The molecule has 0 bridgehead atoms. The van der Waals surface area contributed by atoms with Crippen molar-refractivity contribution in [3.63, 3.8) is 0 Å². The van der Waals surface area contributed by atoms with E-state index in [-0.39, 0.29) is 23.6 Å². The lowest BCUT2D eigenvalue weighted by Crippen LogP contribution is -2.48. The van der Waals surface area contributed by atoms with Crippen molar-refractivity contribution in [3.8, 4) is 11.1 Å². The smallest absolute Gasteiger partial charge is 0.410 e. The molecule has 3 aliphatic rings. The first-order valence-electron chi connectivity index (χ1n) is 15.4. The van der Waals surface area contributed by atoms with Gasteiger partial charge in [-0.1, -0.05) is 6.58 Å². The Morgan fingerprint density at radius 1 is 1.09 bits per heavy atom. The predicted octanol–water partition coefficient (Wildman–Crippen LogP) is 5.79. The Labute approximate surface area is 258 Å². The lowest BCUT2D eigenvalue weighted by Gasteiger charge is -2.40. The van der Waals surface area contributed by atoms with Crippen molar-refractivity contribution in [2.45, 2.75) is 77.9 Å². The summed E-state index contributed by atoms with van der Waals surface area (Å²) in [5.74, 6) is -0.0137. The van der Waals surface area contributed by atoms with Crippen molar-refractivity contribution in [3.05, 3.63) is 59.2 Å². The molecule has 1 fully saturated rings. The molecule has 0 aliphatic carbocycles. The highest BCUT2D eigenvalue weighted by atomic mass is 19.3. The van der Waals surface area contributed by atoms with Crippen molar-refractivity contribution < 1.29 is 23.1 Å². The number of hydrogen-bond donors (Lipinski definition) is 1. The fraction of sp³-hybridized carbons (Fsp3) is 0.545. The first kappa shape index (κ1) is 31.5. The van der Waals surface area contributed by atoms with E-state index in [0.717, 1.165) is 53.9 Å². The molecule has 0 atom stereocenters. The Hall–Kier alpha value is -3.89. The zero-order valence-corrected chi connectivity index (χ0v) is 26.5. The van der Waals surface area contributed by atoms with Crippen LogP contribution in [0.4, 0.5) is 19.3 Å². The molecule has 3 aliphatic heterocycles. The van der Waals surface area contributed by atoms with E-state index in [0.29, 0.717) is 50.3 Å². The molecule has 1 saturated heterocycles. The van der Waals surface area contributed by atoms with Crippen molar-refractivity contribution in [2.75, 3.05) is 37.6 Å². The Bertz CT molecular complexity index is 1450. The van der Waals surface area contributed by atoms with Crippen LogP contribution in [0.25, 0.3) is 11.1 Å². The number of anilines is 1. The summed E-state index contributed by atoms with van der Waals surface area (Å²) in [6, 6.07) is 3.64. The average molecular weight is 611 g/mol. The van der Waals surface area contributed by atoms with E-state index in [9.17, 15) is 18.4 Å². The zero-order chi connectivity index (χ0) is 31.8. The van der Waals surface area contributed by atoms with Gasteiger partial charge in [-0.05, 0) is 69.7 Å². The van der Waals surface area contributed by atoms with Crippen LogP contribution in [0.1, 0.15) is 70.9 Å². The van der Waals surface area contributed by atoms with Gasteiger partial charge in [0, 0.05) is 99.1 Å². The van der Waals surface area contributed by atoms with Crippen LogP contribution in [0, 0.1) is 0 Å². The molecule has 1 aromatic heterocycles. The maximum Gasteiger partial charge on any atom is 0.410 e. The van der Waals surface area contributed by atoms with Gasteiger partial charge >= 0.3 is 6.09 Å². The van der Waals surface area contributed by atoms with Crippen LogP contribution in [0.15, 0.2) is 48.1 Å². The first-order chi connectivity index (χ1) is 20.8. The second-order valence-corrected chi connectivity index (χ2v) is 13.0. The molecule has 0 unspecified atom stereocenters. The number of alkyl halides is 2. The van der Waals surface area contributed by atoms with Gasteiger partial charge in [0.15, 0.2) is 0 Å². The van der Waals surface area contributed by atoms with Gasteiger partial charge in [-0.15, -0.1) is 0 Å². The molecule has 11 heteroatoms. The van der Waals surface area contributed by atoms with E-state index in [4.69, 9.17) is 4.74 Å². The third kappa shape index (κ3) is 6.92. The second-order valence-electron chi connectivity index (χ2n) is 13.0. The Kier molecular flexibility index (Phi) is 9.04. The van der Waals surface area contributed by atoms with E-state index >= 15 is 0 Å². The Morgan fingerprint density at radius 2 is 1.82 bits per heavy atom. The SMILES string of the molecule is C=C(C1=C(NC2CCN(C(=O)OC(C)(C)C)CC2)CCN(C(C)=O)C1)N1CCCc2cc(-c3cnn(C)c3)c(C(F)F)cc21. The summed E-state index contributed by atoms with van der Waals surface area (Å²) in [7, 11) is 1.77. The van der Waals surface area contributed by atoms with E-state index in [1.165, 1.54) is 0 Å². The summed E-state index contributed by atoms with van der Waals surface area (Å²) in [4.78, 5) is 30.6. The van der Waals surface area contributed by atoms with Crippen LogP contribution >= 0.6 is 0 Å². The standard InChI is InChI=1S/C33H44F2N6O3/c1-21(41-12-7-8-23-16-26(24-18-36-38(6)19-24)27(31(34)35)17-30(23)41)28-20-40(22(2)42)15-11-29(28)37-25-9-13-39(14-10-25)32(43)44-33(3,4)5/h16-19,25,31,37H,1,7-15,20H2,2-6H3. The van der Waals surface area contributed by atoms with Gasteiger partial charge in [-0.3, -0.25) is 9.48 Å². The molecule has 2 amide bonds. The second kappa shape index (κ2) is 12.6. The van der Waals surface area contributed by atoms with Crippen molar-refractivity contribution in [1.29, 1.82) is 0 Å². The summed E-state index contributed by atoms with van der Waals surface area (Å²) < 4.78 is 36.0. The molecule has 0 saturated carbocycles. The van der Waals surface area contributed by atoms with Gasteiger partial charge in [0.1, 0.15) is 5.60 Å². The quantitative estimate of drug-likeness (QED) is 0.446. The number of amides is 2. The number of hydrogen-bond acceptors (Lipinski definition) is 6. The number of halogens is 2. The van der Waals surface area contributed by atoms with Gasteiger partial charge < -0.3 is 24.8 Å². The van der Waals surface area contributed by atoms with Gasteiger partial charge in [0.2, 0.25) is 5.91 Å². The predicted molar refractivity (Wildman–Crippen MR) is 166 cm³/mol. The highest BCUT2D eigenvalue weighted by molar-refractivity contribution is 5.76. The molecular formula is C33H44F2N6O3. The topological polar surface area (TPSA) is 82.9 Å². The lowest BCUT2D eigenvalue weighted by molar-refractivity contribution is -0.128. The third-order valence-electron chi connectivity index (χ3n) is 8.61. The van der Waals surface area contributed by atoms with E-state index in [1.807, 2.05) is 31.7 Å². The average Bonchev–Trinajstić information content (AvgIpc) is 3.41. The molecule has 238 valence electrons. The van der Waals surface area contributed by atoms with Crippen LogP contribution in [-0.4, -0.2) is 75.9 Å². The largest absolute Gasteiger partial charge is 0.444 e. The minimum absolute atomic E-state index is 0.0137. The summed E-state index contributed by atoms with van der Waals surface area (Å²) in [5, 5.41) is 7.92. The highest BCUT2D eigenvalue weighted by Gasteiger charge is 2.32. The van der Waals surface area contributed by atoms with E-state index < -0.39 is 12.0 Å². The lowest BCUT2D eigenvalue weighted by atomic mass is 9.91. The number of ether oxygens (including phenoxy) is 1. The molecule has 5 rings (SSSR count). The first-order valence-corrected chi connectivity index (χ1v) is 15.4. The van der Waals surface area contributed by atoms with Crippen LogP contribution in [0.3, 0.4) is 0 Å². The van der Waals surface area contributed by atoms with E-state index in [2.05, 4.69) is 17.0 Å². The maximum atomic E-state index is 14.4. The number of aryl methyl sites for hydroxylation is 2. The van der Waals surface area contributed by atoms with Crippen LogP contribution in [0.2, 0.25) is 0 Å². The van der Waals surface area contributed by atoms with Crippen molar-refractivity contribution in [1.82, 2.24) is 24.9 Å². The Balaban J connectivity index is 1.41.